The van der Waals surface area contributed by atoms with Crippen molar-refractivity contribution in [2.45, 2.75) is 29.9 Å². The zero-order valence-electron chi connectivity index (χ0n) is 10.9. The molecule has 0 bridgehead atoms. The van der Waals surface area contributed by atoms with Gasteiger partial charge < -0.3 is 9.84 Å². The maximum Gasteiger partial charge on any atom is 0.338 e. The summed E-state index contributed by atoms with van der Waals surface area (Å²) >= 11 is 0. The van der Waals surface area contributed by atoms with Crippen molar-refractivity contribution in [2.75, 3.05) is 13.2 Å². The quantitative estimate of drug-likeness (QED) is 0.861. The molecular formula is C13H15FO5S. The van der Waals surface area contributed by atoms with Crippen molar-refractivity contribution < 1.29 is 27.4 Å². The molecule has 5 nitrogen and oxygen atoms in total. The van der Waals surface area contributed by atoms with Crippen molar-refractivity contribution >= 4 is 15.8 Å². The maximum absolute atomic E-state index is 13.7. The number of ether oxygens (including phenoxy) is 1. The van der Waals surface area contributed by atoms with Gasteiger partial charge in [-0.25, -0.2) is 17.6 Å². The standard InChI is InChI=1S/C13H15FO5S/c1-8-5-10(6-11(12(8)14)13(15)16)20(17,18)9-3-2-4-19-7-9/h5-6,9H,2-4,7H2,1H3,(H,15,16). The van der Waals surface area contributed by atoms with Gasteiger partial charge in [-0.05, 0) is 37.5 Å². The van der Waals surface area contributed by atoms with Gasteiger partial charge in [-0.15, -0.1) is 0 Å². The fourth-order valence-electron chi connectivity index (χ4n) is 2.20. The first kappa shape index (κ1) is 14.9. The Morgan fingerprint density at radius 1 is 1.45 bits per heavy atom. The summed E-state index contributed by atoms with van der Waals surface area (Å²) < 4.78 is 43.7. The topological polar surface area (TPSA) is 80.7 Å². The van der Waals surface area contributed by atoms with E-state index in [-0.39, 0.29) is 17.1 Å². The highest BCUT2D eigenvalue weighted by molar-refractivity contribution is 7.92. The first-order valence-electron chi connectivity index (χ1n) is 6.19. The van der Waals surface area contributed by atoms with Crippen LogP contribution in [0.1, 0.15) is 28.8 Å². The van der Waals surface area contributed by atoms with E-state index in [4.69, 9.17) is 9.84 Å². The SMILES string of the molecule is Cc1cc(S(=O)(=O)C2CCCOC2)cc(C(=O)O)c1F. The van der Waals surface area contributed by atoms with Crippen LogP contribution in [-0.2, 0) is 14.6 Å². The predicted molar refractivity (Wildman–Crippen MR) is 69.1 cm³/mol. The highest BCUT2D eigenvalue weighted by Crippen LogP contribution is 2.26. The monoisotopic (exact) mass is 302 g/mol. The van der Waals surface area contributed by atoms with Crippen molar-refractivity contribution in [2.24, 2.45) is 0 Å². The van der Waals surface area contributed by atoms with Crippen LogP contribution in [0, 0.1) is 12.7 Å². The molecule has 0 saturated carbocycles. The van der Waals surface area contributed by atoms with E-state index in [1.807, 2.05) is 0 Å². The van der Waals surface area contributed by atoms with Crippen LogP contribution < -0.4 is 0 Å². The first-order chi connectivity index (χ1) is 9.34. The number of carboxylic acids is 1. The molecule has 1 heterocycles. The van der Waals surface area contributed by atoms with E-state index in [1.54, 1.807) is 0 Å². The normalized spacial score (nSPS) is 19.8. The summed E-state index contributed by atoms with van der Waals surface area (Å²) in [7, 11) is -3.71. The van der Waals surface area contributed by atoms with E-state index in [0.29, 0.717) is 19.4 Å². The van der Waals surface area contributed by atoms with Gasteiger partial charge in [0, 0.05) is 6.61 Å². The van der Waals surface area contributed by atoms with E-state index in [0.717, 1.165) is 6.07 Å². The van der Waals surface area contributed by atoms with Crippen molar-refractivity contribution in [1.29, 1.82) is 0 Å². The summed E-state index contributed by atoms with van der Waals surface area (Å²) in [6.45, 7) is 1.95. The van der Waals surface area contributed by atoms with E-state index in [9.17, 15) is 17.6 Å². The molecule has 1 N–H and O–H groups in total. The Morgan fingerprint density at radius 3 is 2.70 bits per heavy atom. The Morgan fingerprint density at radius 2 is 2.15 bits per heavy atom. The molecular weight excluding hydrogens is 287 g/mol. The molecule has 1 saturated heterocycles. The van der Waals surface area contributed by atoms with Crippen LogP contribution in [0.25, 0.3) is 0 Å². The maximum atomic E-state index is 13.7. The number of carboxylic acid groups (broad SMARTS) is 1. The second-order valence-corrected chi connectivity index (χ2v) is 7.02. The van der Waals surface area contributed by atoms with Gasteiger partial charge in [0.2, 0.25) is 0 Å². The lowest BCUT2D eigenvalue weighted by Crippen LogP contribution is -2.31. The van der Waals surface area contributed by atoms with Gasteiger partial charge in [0.05, 0.1) is 22.3 Å². The number of halogens is 1. The molecule has 0 aliphatic carbocycles. The summed E-state index contributed by atoms with van der Waals surface area (Å²) in [5.74, 6) is -2.39. The number of aryl methyl sites for hydroxylation is 1. The summed E-state index contributed by atoms with van der Waals surface area (Å²) in [5, 5.41) is 8.23. The van der Waals surface area contributed by atoms with Gasteiger partial charge in [-0.1, -0.05) is 0 Å². The molecule has 1 aromatic carbocycles. The van der Waals surface area contributed by atoms with Gasteiger partial charge >= 0.3 is 5.97 Å². The smallest absolute Gasteiger partial charge is 0.338 e. The minimum absolute atomic E-state index is 0.000188. The number of aromatic carboxylic acids is 1. The Kier molecular flexibility index (Phi) is 4.10. The van der Waals surface area contributed by atoms with Gasteiger partial charge in [0.25, 0.3) is 0 Å². The summed E-state index contributed by atoms with van der Waals surface area (Å²) in [6, 6.07) is 2.06. The van der Waals surface area contributed by atoms with Crippen LogP contribution in [0.2, 0.25) is 0 Å². The van der Waals surface area contributed by atoms with Crippen molar-refractivity contribution in [3.05, 3.63) is 29.1 Å². The predicted octanol–water partition coefficient (Wildman–Crippen LogP) is 1.79. The van der Waals surface area contributed by atoms with Crippen LogP contribution in [-0.4, -0.2) is 38.0 Å². The second-order valence-electron chi connectivity index (χ2n) is 4.79. The highest BCUT2D eigenvalue weighted by Gasteiger charge is 2.31. The van der Waals surface area contributed by atoms with E-state index < -0.39 is 32.4 Å². The minimum atomic E-state index is -3.71. The molecule has 20 heavy (non-hydrogen) atoms. The second kappa shape index (κ2) is 5.49. The van der Waals surface area contributed by atoms with Crippen LogP contribution in [0.4, 0.5) is 4.39 Å². The summed E-state index contributed by atoms with van der Waals surface area (Å²) in [5.41, 5.74) is -0.625. The van der Waals surface area contributed by atoms with Crippen molar-refractivity contribution in [1.82, 2.24) is 0 Å². The Bertz CT molecular complexity index is 632. The van der Waals surface area contributed by atoms with Gasteiger partial charge in [0.1, 0.15) is 5.82 Å². The molecule has 7 heteroatoms. The van der Waals surface area contributed by atoms with Gasteiger partial charge in [0.15, 0.2) is 9.84 Å². The number of rotatable bonds is 3. The number of carbonyl (C=O) groups is 1. The number of sulfone groups is 1. The highest BCUT2D eigenvalue weighted by atomic mass is 32.2. The van der Waals surface area contributed by atoms with Crippen LogP contribution in [0.5, 0.6) is 0 Å². The molecule has 1 aromatic rings. The van der Waals surface area contributed by atoms with Crippen molar-refractivity contribution in [3.8, 4) is 0 Å². The number of hydrogen-bond acceptors (Lipinski definition) is 4. The number of hydrogen-bond donors (Lipinski definition) is 1. The molecule has 0 radical (unpaired) electrons. The molecule has 1 unspecified atom stereocenters. The molecule has 1 atom stereocenters. The number of benzene rings is 1. The van der Waals surface area contributed by atoms with Crippen molar-refractivity contribution in [3.63, 3.8) is 0 Å². The fraction of sp³-hybridized carbons (Fsp3) is 0.462. The molecule has 0 spiro atoms. The van der Waals surface area contributed by atoms with E-state index in [1.165, 1.54) is 13.0 Å². The van der Waals surface area contributed by atoms with E-state index in [2.05, 4.69) is 0 Å². The summed E-state index contributed by atoms with van der Waals surface area (Å²) in [4.78, 5) is 10.8. The third kappa shape index (κ3) is 2.69. The van der Waals surface area contributed by atoms with Crippen LogP contribution >= 0.6 is 0 Å². The third-order valence-electron chi connectivity index (χ3n) is 3.34. The van der Waals surface area contributed by atoms with Crippen LogP contribution in [0.15, 0.2) is 17.0 Å². The molecule has 1 aliphatic rings. The molecule has 110 valence electrons. The summed E-state index contributed by atoms with van der Waals surface area (Å²) in [6.07, 6.45) is 1.09. The third-order valence-corrected chi connectivity index (χ3v) is 5.49. The lowest BCUT2D eigenvalue weighted by molar-refractivity contribution is 0.0691. The minimum Gasteiger partial charge on any atom is -0.478 e. The van der Waals surface area contributed by atoms with Crippen LogP contribution in [0.3, 0.4) is 0 Å². The molecule has 0 aromatic heterocycles. The average molecular weight is 302 g/mol. The largest absolute Gasteiger partial charge is 0.478 e. The van der Waals surface area contributed by atoms with Gasteiger partial charge in [-0.2, -0.15) is 0 Å². The first-order valence-corrected chi connectivity index (χ1v) is 7.73. The molecule has 2 rings (SSSR count). The lowest BCUT2D eigenvalue weighted by atomic mass is 10.1. The zero-order valence-corrected chi connectivity index (χ0v) is 11.7. The van der Waals surface area contributed by atoms with E-state index >= 15 is 0 Å². The molecule has 1 fully saturated rings. The Hall–Kier alpha value is -1.47. The lowest BCUT2D eigenvalue weighted by Gasteiger charge is -2.22. The zero-order chi connectivity index (χ0) is 14.9. The Labute approximate surface area is 116 Å². The average Bonchev–Trinajstić information content (AvgIpc) is 2.42. The molecule has 0 amide bonds. The molecule has 1 aliphatic heterocycles. The van der Waals surface area contributed by atoms with Gasteiger partial charge in [-0.3, -0.25) is 0 Å². The fourth-order valence-corrected chi connectivity index (χ4v) is 3.97. The Balaban J connectivity index is 2.49.